The Kier molecular flexibility index (Phi) is 4.58. The average molecular weight is 465 g/mol. The van der Waals surface area contributed by atoms with E-state index in [-0.39, 0.29) is 10.6 Å². The Balaban J connectivity index is 1.62. The summed E-state index contributed by atoms with van der Waals surface area (Å²) in [5, 5.41) is 0. The maximum Gasteiger partial charge on any atom is 0.297 e. The summed E-state index contributed by atoms with van der Waals surface area (Å²) in [7, 11) is -4.61. The molecule has 6 rings (SSSR count). The maximum absolute atomic E-state index is 12.6. The molecule has 8 heteroatoms. The predicted octanol–water partition coefficient (Wildman–Crippen LogP) is 4.32. The fourth-order valence-corrected chi connectivity index (χ4v) is 4.93. The van der Waals surface area contributed by atoms with Crippen molar-refractivity contribution in [3.05, 3.63) is 124 Å². The lowest BCUT2D eigenvalue weighted by Crippen LogP contribution is -2.07. The summed E-state index contributed by atoms with van der Waals surface area (Å²) in [5.41, 5.74) is 5.44. The van der Waals surface area contributed by atoms with Crippen molar-refractivity contribution < 1.29 is 13.0 Å². The molecule has 5 aliphatic rings. The first-order valence-electron chi connectivity index (χ1n) is 10.5. The summed E-state index contributed by atoms with van der Waals surface area (Å²) in [6, 6.07) is 8.99. The van der Waals surface area contributed by atoms with Crippen molar-refractivity contribution >= 4 is 38.5 Å². The summed E-state index contributed by atoms with van der Waals surface area (Å²) < 4.78 is 35.3. The molecule has 1 aromatic carbocycles. The number of hydrogen-bond acceptors (Lipinski definition) is 6. The van der Waals surface area contributed by atoms with Crippen molar-refractivity contribution in [1.82, 2.24) is 0 Å². The number of benzene rings is 1. The Morgan fingerprint density at radius 2 is 1.15 bits per heavy atom. The van der Waals surface area contributed by atoms with Crippen molar-refractivity contribution in [3.8, 4) is 0 Å². The lowest BCUT2D eigenvalue weighted by atomic mass is 10.0. The highest BCUT2D eigenvalue weighted by molar-refractivity contribution is 7.90. The van der Waals surface area contributed by atoms with Crippen LogP contribution in [0.1, 0.15) is 5.56 Å². The third-order valence-corrected chi connectivity index (χ3v) is 6.42. The van der Waals surface area contributed by atoms with Gasteiger partial charge >= 0.3 is 0 Å². The molecule has 0 saturated heterocycles. The molecule has 0 spiro atoms. The number of rotatable bonds is 2. The van der Waals surface area contributed by atoms with Gasteiger partial charge in [0.05, 0.1) is 45.6 Å². The zero-order valence-corrected chi connectivity index (χ0v) is 18.4. The fourth-order valence-electron chi connectivity index (χ4n) is 4.08. The molecule has 5 aliphatic heterocycles. The van der Waals surface area contributed by atoms with Crippen LogP contribution in [0.4, 0.5) is 0 Å². The minimum Gasteiger partial charge on any atom is -0.282 e. The van der Waals surface area contributed by atoms with Gasteiger partial charge in [-0.15, -0.1) is 0 Å². The van der Waals surface area contributed by atoms with Crippen LogP contribution in [0, 0.1) is 0 Å². The van der Waals surface area contributed by atoms with Gasteiger partial charge < -0.3 is 0 Å². The van der Waals surface area contributed by atoms with Crippen LogP contribution in [0.3, 0.4) is 0 Å². The van der Waals surface area contributed by atoms with E-state index in [1.807, 2.05) is 48.6 Å². The van der Waals surface area contributed by atoms with Gasteiger partial charge in [-0.05, 0) is 66.3 Å². The molecule has 0 unspecified atom stereocenters. The van der Waals surface area contributed by atoms with Crippen LogP contribution in [0.2, 0.25) is 0 Å². The van der Waals surface area contributed by atoms with E-state index in [2.05, 4.69) is 20.0 Å². The minimum atomic E-state index is -4.61. The first kappa shape index (κ1) is 20.3. The molecule has 0 saturated carbocycles. The second kappa shape index (κ2) is 7.65. The molecule has 7 nitrogen and oxygen atoms in total. The predicted molar refractivity (Wildman–Crippen MR) is 134 cm³/mol. The Labute approximate surface area is 195 Å². The first-order valence-corrected chi connectivity index (χ1v) is 11.9. The highest BCUT2D eigenvalue weighted by atomic mass is 32.2. The van der Waals surface area contributed by atoms with Crippen LogP contribution in [0.5, 0.6) is 0 Å². The Morgan fingerprint density at radius 3 is 1.71 bits per heavy atom. The Bertz CT molecular complexity index is 1640. The first-order chi connectivity index (χ1) is 16.4. The normalized spacial score (nSPS) is 20.5. The molecule has 34 heavy (non-hydrogen) atoms. The third kappa shape index (κ3) is 3.75. The van der Waals surface area contributed by atoms with E-state index >= 15 is 0 Å². The molecule has 0 aromatic heterocycles. The van der Waals surface area contributed by atoms with Gasteiger partial charge in [0.1, 0.15) is 4.91 Å². The smallest absolute Gasteiger partial charge is 0.282 e. The quantitative estimate of drug-likeness (QED) is 0.659. The summed E-state index contributed by atoms with van der Waals surface area (Å²) >= 11 is 0. The second-order valence-electron chi connectivity index (χ2n) is 7.89. The van der Waals surface area contributed by atoms with E-state index < -0.39 is 10.1 Å². The van der Waals surface area contributed by atoms with Gasteiger partial charge in [-0.1, -0.05) is 30.3 Å². The van der Waals surface area contributed by atoms with Gasteiger partial charge in [0, 0.05) is 5.57 Å². The van der Waals surface area contributed by atoms with E-state index in [0.717, 1.165) is 11.4 Å². The van der Waals surface area contributed by atoms with Crippen molar-refractivity contribution in [1.29, 1.82) is 0 Å². The largest absolute Gasteiger partial charge is 0.297 e. The molecule has 0 radical (unpaired) electrons. The van der Waals surface area contributed by atoms with Crippen molar-refractivity contribution in [2.24, 2.45) is 20.0 Å². The highest BCUT2D eigenvalue weighted by Crippen LogP contribution is 2.37. The van der Waals surface area contributed by atoms with Gasteiger partial charge in [0.15, 0.2) is 0 Å². The molecular weight excluding hydrogens is 448 g/mol. The van der Waals surface area contributed by atoms with Gasteiger partial charge in [-0.2, -0.15) is 8.42 Å². The number of nitrogens with zero attached hydrogens (tertiary/aromatic N) is 4. The maximum atomic E-state index is 12.6. The topological polar surface area (TPSA) is 104 Å². The van der Waals surface area contributed by atoms with Gasteiger partial charge in [0.2, 0.25) is 0 Å². The van der Waals surface area contributed by atoms with Gasteiger partial charge in [-0.25, -0.2) is 20.0 Å². The standard InChI is InChI=1S/C26H16N4O3S/c31-34(32,33)26-24-15-22-11-9-20(29-22)13-18-7-6-17(27-18)12-19-8-10-21(28-19)14-23(30-24)25(26)16-4-2-1-3-5-16/h1-15H,(H,31,32,33). The number of fused-ring (bicyclic) bond motifs is 4. The fraction of sp³-hybridized carbons (Fsp3) is 0. The van der Waals surface area contributed by atoms with E-state index in [9.17, 15) is 13.0 Å². The summed E-state index contributed by atoms with van der Waals surface area (Å²) in [6.45, 7) is 0. The zero-order chi connectivity index (χ0) is 23.3. The monoisotopic (exact) mass is 464 g/mol. The minimum absolute atomic E-state index is 0.108. The molecule has 1 N–H and O–H groups in total. The van der Waals surface area contributed by atoms with E-state index in [4.69, 9.17) is 0 Å². The van der Waals surface area contributed by atoms with Crippen molar-refractivity contribution in [2.45, 2.75) is 0 Å². The Hall–Kier alpha value is -4.27. The van der Waals surface area contributed by atoms with Gasteiger partial charge in [-0.3, -0.25) is 4.55 Å². The van der Waals surface area contributed by atoms with E-state index in [1.165, 1.54) is 0 Å². The second-order valence-corrected chi connectivity index (χ2v) is 9.25. The SMILES string of the molecule is O=S(=O)(O)C1=C(c2ccccc2)C2=NC1=CC1=NC(=CC3=NC(=CC4=NC(=C2)C=C4)C=C3)C=C1. The van der Waals surface area contributed by atoms with E-state index in [1.54, 1.807) is 42.5 Å². The molecule has 0 fully saturated rings. The van der Waals surface area contributed by atoms with Gasteiger partial charge in [0.25, 0.3) is 10.1 Å². The number of hydrogen-bond donors (Lipinski definition) is 1. The highest BCUT2D eigenvalue weighted by Gasteiger charge is 2.33. The molecule has 164 valence electrons. The van der Waals surface area contributed by atoms with Crippen LogP contribution in [-0.2, 0) is 10.1 Å². The molecule has 5 heterocycles. The summed E-state index contributed by atoms with van der Waals surface area (Å²) in [6.07, 6.45) is 18.0. The van der Waals surface area contributed by atoms with Crippen LogP contribution in [-0.4, -0.2) is 35.8 Å². The van der Waals surface area contributed by atoms with Crippen LogP contribution >= 0.6 is 0 Å². The number of allylic oxidation sites excluding steroid dienone is 11. The van der Waals surface area contributed by atoms with Crippen molar-refractivity contribution in [3.63, 3.8) is 0 Å². The van der Waals surface area contributed by atoms with Crippen LogP contribution in [0.25, 0.3) is 5.57 Å². The molecule has 0 aliphatic carbocycles. The zero-order valence-electron chi connectivity index (χ0n) is 17.6. The summed E-state index contributed by atoms with van der Waals surface area (Å²) in [5.74, 6) is 0. The average Bonchev–Trinajstić information content (AvgIpc) is 3.58. The molecule has 1 aromatic rings. The van der Waals surface area contributed by atoms with Crippen molar-refractivity contribution in [2.75, 3.05) is 0 Å². The number of aliphatic imine (C=N–C) groups is 4. The molecule has 8 bridgehead atoms. The molecular formula is C26H16N4O3S. The third-order valence-electron chi connectivity index (χ3n) is 5.49. The van der Waals surface area contributed by atoms with E-state index in [0.29, 0.717) is 39.7 Å². The Morgan fingerprint density at radius 1 is 0.618 bits per heavy atom. The summed E-state index contributed by atoms with van der Waals surface area (Å²) in [4.78, 5) is 18.1. The molecule has 0 amide bonds. The lowest BCUT2D eigenvalue weighted by molar-refractivity contribution is 0.492. The lowest BCUT2D eigenvalue weighted by Gasteiger charge is -2.07. The van der Waals surface area contributed by atoms with Crippen LogP contribution < -0.4 is 0 Å². The van der Waals surface area contributed by atoms with Crippen LogP contribution in [0.15, 0.2) is 139 Å². The molecule has 0 atom stereocenters.